The minimum atomic E-state index is -0.342. The van der Waals surface area contributed by atoms with Crippen molar-refractivity contribution >= 4 is 29.1 Å². The van der Waals surface area contributed by atoms with Crippen LogP contribution in [0, 0.1) is 0 Å². The second-order valence-corrected chi connectivity index (χ2v) is 6.05. The lowest BCUT2D eigenvalue weighted by molar-refractivity contribution is -0.674. The number of hydrogen-bond donors (Lipinski definition) is 1. The molecule has 0 spiro atoms. The van der Waals surface area contributed by atoms with Gasteiger partial charge in [0.05, 0.1) is 18.7 Å². The number of quaternary nitrogens is 1. The number of carbonyl (C=O) groups excluding carboxylic acids is 2. The molecule has 2 N–H and O–H groups in total. The number of hydrogen-bond acceptors (Lipinski definition) is 2. The van der Waals surface area contributed by atoms with Crippen LogP contribution < -0.4 is 10.2 Å². The van der Waals surface area contributed by atoms with Crippen LogP contribution in [0.15, 0.2) is 54.6 Å². The summed E-state index contributed by atoms with van der Waals surface area (Å²) < 4.78 is 0. The molecule has 1 aliphatic rings. The van der Waals surface area contributed by atoms with Crippen molar-refractivity contribution in [3.8, 4) is 0 Å². The van der Waals surface area contributed by atoms with Gasteiger partial charge in [0.25, 0.3) is 5.91 Å². The minimum absolute atomic E-state index is 0.162. The number of imide groups is 1. The SMILES string of the molecule is O=C1C[C@H]([NH2+]CCc2ccccc2)C(=O)N1c1cccc(Cl)c1. The van der Waals surface area contributed by atoms with E-state index in [4.69, 9.17) is 11.6 Å². The maximum atomic E-state index is 12.5. The van der Waals surface area contributed by atoms with E-state index in [1.165, 1.54) is 10.5 Å². The van der Waals surface area contributed by atoms with Gasteiger partial charge in [-0.2, -0.15) is 0 Å². The Bertz CT molecular complexity index is 718. The summed E-state index contributed by atoms with van der Waals surface area (Å²) in [7, 11) is 0. The molecule has 1 atom stereocenters. The molecule has 1 fully saturated rings. The molecule has 4 nitrogen and oxygen atoms in total. The zero-order chi connectivity index (χ0) is 16.2. The fraction of sp³-hybridized carbons (Fsp3) is 0.222. The van der Waals surface area contributed by atoms with E-state index in [1.807, 2.05) is 23.5 Å². The summed E-state index contributed by atoms with van der Waals surface area (Å²) in [6.07, 6.45) is 1.11. The van der Waals surface area contributed by atoms with Crippen molar-refractivity contribution < 1.29 is 14.9 Å². The van der Waals surface area contributed by atoms with Crippen LogP contribution in [0.3, 0.4) is 0 Å². The summed E-state index contributed by atoms with van der Waals surface area (Å²) in [5.41, 5.74) is 1.78. The number of amides is 2. The Labute approximate surface area is 140 Å². The van der Waals surface area contributed by atoms with Crippen LogP contribution in [0.2, 0.25) is 5.02 Å². The zero-order valence-corrected chi connectivity index (χ0v) is 13.4. The fourth-order valence-corrected chi connectivity index (χ4v) is 3.01. The lowest BCUT2D eigenvalue weighted by Gasteiger charge is -2.14. The highest BCUT2D eigenvalue weighted by atomic mass is 35.5. The van der Waals surface area contributed by atoms with Crippen LogP contribution in [-0.4, -0.2) is 24.4 Å². The average molecular weight is 330 g/mol. The van der Waals surface area contributed by atoms with Crippen molar-refractivity contribution in [1.82, 2.24) is 0 Å². The molecule has 0 radical (unpaired) electrons. The first-order valence-corrected chi connectivity index (χ1v) is 8.02. The maximum absolute atomic E-state index is 12.5. The maximum Gasteiger partial charge on any atom is 0.292 e. The van der Waals surface area contributed by atoms with Crippen LogP contribution in [0.1, 0.15) is 12.0 Å². The first-order chi connectivity index (χ1) is 11.1. The van der Waals surface area contributed by atoms with Gasteiger partial charge in [-0.3, -0.25) is 9.59 Å². The molecule has 2 amide bonds. The first kappa shape index (κ1) is 15.7. The van der Waals surface area contributed by atoms with Gasteiger partial charge in [-0.15, -0.1) is 0 Å². The summed E-state index contributed by atoms with van der Waals surface area (Å²) in [4.78, 5) is 25.9. The van der Waals surface area contributed by atoms with Gasteiger partial charge in [0.2, 0.25) is 5.91 Å². The number of anilines is 1. The van der Waals surface area contributed by atoms with E-state index in [9.17, 15) is 9.59 Å². The molecule has 2 aromatic rings. The molecule has 0 unspecified atom stereocenters. The van der Waals surface area contributed by atoms with Gasteiger partial charge in [-0.25, -0.2) is 4.90 Å². The van der Waals surface area contributed by atoms with Crippen molar-refractivity contribution in [2.45, 2.75) is 18.9 Å². The van der Waals surface area contributed by atoms with Crippen LogP contribution in [0.5, 0.6) is 0 Å². The molecule has 0 aromatic heterocycles. The standard InChI is InChI=1S/C18H17ClN2O2/c19-14-7-4-8-15(11-14)21-17(22)12-16(18(21)23)20-10-9-13-5-2-1-3-6-13/h1-8,11,16,20H,9-10,12H2/p+1/t16-/m0/s1. The molecular weight excluding hydrogens is 312 g/mol. The summed E-state index contributed by atoms with van der Waals surface area (Å²) in [5.74, 6) is -0.330. The van der Waals surface area contributed by atoms with Gasteiger partial charge in [-0.1, -0.05) is 48.0 Å². The predicted molar refractivity (Wildman–Crippen MR) is 89.3 cm³/mol. The third-order valence-electron chi connectivity index (χ3n) is 3.97. The highest BCUT2D eigenvalue weighted by Gasteiger charge is 2.42. The largest absolute Gasteiger partial charge is 0.335 e. The first-order valence-electron chi connectivity index (χ1n) is 7.65. The van der Waals surface area contributed by atoms with Crippen LogP contribution in [0.25, 0.3) is 0 Å². The number of nitrogens with zero attached hydrogens (tertiary/aromatic N) is 1. The smallest absolute Gasteiger partial charge is 0.292 e. The van der Waals surface area contributed by atoms with E-state index >= 15 is 0 Å². The van der Waals surface area contributed by atoms with Crippen molar-refractivity contribution in [1.29, 1.82) is 0 Å². The molecule has 118 valence electrons. The van der Waals surface area contributed by atoms with E-state index < -0.39 is 0 Å². The topological polar surface area (TPSA) is 54.0 Å². The molecular formula is C18H18ClN2O2+. The molecule has 0 aliphatic carbocycles. The highest BCUT2D eigenvalue weighted by molar-refractivity contribution is 6.31. The van der Waals surface area contributed by atoms with Gasteiger partial charge in [0.1, 0.15) is 0 Å². The second-order valence-electron chi connectivity index (χ2n) is 5.62. The molecule has 3 rings (SSSR count). The minimum Gasteiger partial charge on any atom is -0.335 e. The zero-order valence-electron chi connectivity index (χ0n) is 12.6. The molecule has 1 aliphatic heterocycles. The van der Waals surface area contributed by atoms with Gasteiger partial charge in [0.15, 0.2) is 6.04 Å². The van der Waals surface area contributed by atoms with E-state index in [0.717, 1.165) is 13.0 Å². The van der Waals surface area contributed by atoms with Crippen LogP contribution in [-0.2, 0) is 16.0 Å². The Morgan fingerprint density at radius 2 is 1.87 bits per heavy atom. The average Bonchev–Trinajstić information content (AvgIpc) is 2.82. The van der Waals surface area contributed by atoms with Crippen molar-refractivity contribution in [2.75, 3.05) is 11.4 Å². The van der Waals surface area contributed by atoms with Gasteiger partial charge in [-0.05, 0) is 23.8 Å². The number of carbonyl (C=O) groups is 2. The molecule has 5 heteroatoms. The number of rotatable bonds is 5. The Kier molecular flexibility index (Phi) is 4.74. The Morgan fingerprint density at radius 1 is 1.09 bits per heavy atom. The lowest BCUT2D eigenvalue weighted by Crippen LogP contribution is -2.92. The quantitative estimate of drug-likeness (QED) is 0.850. The number of halogens is 1. The van der Waals surface area contributed by atoms with Crippen molar-refractivity contribution in [2.24, 2.45) is 0 Å². The van der Waals surface area contributed by atoms with Gasteiger partial charge >= 0.3 is 0 Å². The van der Waals surface area contributed by atoms with Crippen LogP contribution in [0.4, 0.5) is 5.69 Å². The van der Waals surface area contributed by atoms with Gasteiger partial charge < -0.3 is 5.32 Å². The molecule has 1 saturated heterocycles. The Hall–Kier alpha value is -2.17. The predicted octanol–water partition coefficient (Wildman–Crippen LogP) is 1.78. The molecule has 0 bridgehead atoms. The summed E-state index contributed by atoms with van der Waals surface area (Å²) in [6, 6.07) is 16.6. The lowest BCUT2D eigenvalue weighted by atomic mass is 10.1. The van der Waals surface area contributed by atoms with E-state index in [0.29, 0.717) is 10.7 Å². The third-order valence-corrected chi connectivity index (χ3v) is 4.21. The highest BCUT2D eigenvalue weighted by Crippen LogP contribution is 2.24. The summed E-state index contributed by atoms with van der Waals surface area (Å²) in [6.45, 7) is 0.775. The molecule has 1 heterocycles. The molecule has 2 aromatic carbocycles. The van der Waals surface area contributed by atoms with Crippen molar-refractivity contribution in [3.05, 3.63) is 65.2 Å². The normalized spacial score (nSPS) is 17.8. The Balaban J connectivity index is 1.62. The molecule has 23 heavy (non-hydrogen) atoms. The van der Waals surface area contributed by atoms with E-state index in [-0.39, 0.29) is 24.3 Å². The summed E-state index contributed by atoms with van der Waals surface area (Å²) >= 11 is 5.95. The van der Waals surface area contributed by atoms with E-state index in [1.54, 1.807) is 24.3 Å². The summed E-state index contributed by atoms with van der Waals surface area (Å²) in [5, 5.41) is 2.47. The van der Waals surface area contributed by atoms with Crippen LogP contribution >= 0.6 is 11.6 Å². The fourth-order valence-electron chi connectivity index (χ4n) is 2.82. The monoisotopic (exact) mass is 329 g/mol. The Morgan fingerprint density at radius 3 is 2.61 bits per heavy atom. The molecule has 0 saturated carbocycles. The third kappa shape index (κ3) is 3.60. The number of nitrogens with two attached hydrogens (primary N) is 1. The second kappa shape index (κ2) is 6.94. The number of benzene rings is 2. The van der Waals surface area contributed by atoms with E-state index in [2.05, 4.69) is 12.1 Å². The van der Waals surface area contributed by atoms with Gasteiger partial charge in [0, 0.05) is 11.4 Å². The van der Waals surface area contributed by atoms with Crippen molar-refractivity contribution in [3.63, 3.8) is 0 Å².